The normalized spacial score (nSPS) is 10.0. The number of halogens is 1. The zero-order chi connectivity index (χ0) is 11.1. The summed E-state index contributed by atoms with van der Waals surface area (Å²) in [4.78, 5) is 10.9. The minimum atomic E-state index is 0.0170. The molecule has 15 heavy (non-hydrogen) atoms. The van der Waals surface area contributed by atoms with Crippen LogP contribution in [0.15, 0.2) is 24.3 Å². The van der Waals surface area contributed by atoms with Gasteiger partial charge in [-0.3, -0.25) is 4.79 Å². The number of hydrogen-bond acceptors (Lipinski definition) is 2. The Balaban J connectivity index is 2.40. The number of ketones is 1. The molecule has 0 aliphatic rings. The van der Waals surface area contributed by atoms with E-state index in [1.54, 1.807) is 0 Å². The van der Waals surface area contributed by atoms with E-state index in [-0.39, 0.29) is 11.7 Å². The molecule has 0 aliphatic heterocycles. The maximum Gasteiger partial charge on any atom is 0.150 e. The van der Waals surface area contributed by atoms with E-state index in [0.717, 1.165) is 12.2 Å². The van der Waals surface area contributed by atoms with Crippen LogP contribution in [0.5, 0.6) is 5.75 Å². The van der Waals surface area contributed by atoms with Crippen molar-refractivity contribution in [3.8, 4) is 5.75 Å². The predicted molar refractivity (Wildman–Crippen MR) is 61.7 cm³/mol. The van der Waals surface area contributed by atoms with Crippen molar-refractivity contribution in [1.29, 1.82) is 0 Å². The fourth-order valence-electron chi connectivity index (χ4n) is 1.20. The summed E-state index contributed by atoms with van der Waals surface area (Å²) < 4.78 is 5.44. The molecule has 82 valence electrons. The summed E-state index contributed by atoms with van der Waals surface area (Å²) in [7, 11) is 0. The summed E-state index contributed by atoms with van der Waals surface area (Å²) in [6.45, 7) is 2.49. The van der Waals surface area contributed by atoms with Crippen LogP contribution in [-0.4, -0.2) is 18.3 Å². The molecule has 0 aromatic heterocycles. The van der Waals surface area contributed by atoms with Gasteiger partial charge in [-0.1, -0.05) is 19.1 Å². The van der Waals surface area contributed by atoms with Crippen molar-refractivity contribution in [2.24, 2.45) is 0 Å². The molecule has 1 aromatic carbocycles. The van der Waals surface area contributed by atoms with Crippen molar-refractivity contribution in [2.45, 2.75) is 19.8 Å². The number of carbonyl (C=O) groups is 1. The standard InChI is InChI=1S/C12H15ClO2/c1-2-10-4-3-5-12(8-10)15-7-6-11(14)9-13/h3-5,8H,2,6-7,9H2,1H3. The highest BCUT2D eigenvalue weighted by atomic mass is 35.5. The van der Waals surface area contributed by atoms with Crippen LogP contribution in [0.25, 0.3) is 0 Å². The molecule has 0 amide bonds. The molecule has 0 N–H and O–H groups in total. The predicted octanol–water partition coefficient (Wildman–Crippen LogP) is 2.83. The van der Waals surface area contributed by atoms with E-state index >= 15 is 0 Å². The molecule has 0 saturated carbocycles. The molecule has 3 heteroatoms. The largest absolute Gasteiger partial charge is 0.493 e. The Bertz CT molecular complexity index is 323. The van der Waals surface area contributed by atoms with Crippen LogP contribution in [0.3, 0.4) is 0 Å². The smallest absolute Gasteiger partial charge is 0.150 e. The van der Waals surface area contributed by atoms with E-state index in [1.807, 2.05) is 18.2 Å². The number of ether oxygens (including phenoxy) is 1. The van der Waals surface area contributed by atoms with Gasteiger partial charge in [0.15, 0.2) is 5.78 Å². The number of carbonyl (C=O) groups excluding carboxylic acids is 1. The Labute approximate surface area is 95.2 Å². The molecule has 0 bridgehead atoms. The highest BCUT2D eigenvalue weighted by molar-refractivity contribution is 6.27. The SMILES string of the molecule is CCc1cccc(OCCC(=O)CCl)c1. The third kappa shape index (κ3) is 4.34. The Morgan fingerprint density at radius 3 is 2.93 bits per heavy atom. The molecule has 0 fully saturated rings. The second-order valence-electron chi connectivity index (χ2n) is 3.27. The van der Waals surface area contributed by atoms with Gasteiger partial charge < -0.3 is 4.74 Å². The van der Waals surface area contributed by atoms with Crippen molar-refractivity contribution >= 4 is 17.4 Å². The molecule has 2 nitrogen and oxygen atoms in total. The van der Waals surface area contributed by atoms with E-state index in [0.29, 0.717) is 13.0 Å². The number of alkyl halides is 1. The number of hydrogen-bond donors (Lipinski definition) is 0. The monoisotopic (exact) mass is 226 g/mol. The third-order valence-corrected chi connectivity index (χ3v) is 2.40. The minimum absolute atomic E-state index is 0.0170. The summed E-state index contributed by atoms with van der Waals surface area (Å²) in [5, 5.41) is 0. The van der Waals surface area contributed by atoms with Crippen LogP contribution in [0.2, 0.25) is 0 Å². The zero-order valence-corrected chi connectivity index (χ0v) is 9.59. The summed E-state index contributed by atoms with van der Waals surface area (Å²) in [6.07, 6.45) is 1.36. The summed E-state index contributed by atoms with van der Waals surface area (Å²) in [5.74, 6) is 0.901. The van der Waals surface area contributed by atoms with Gasteiger partial charge in [-0.25, -0.2) is 0 Å². The topological polar surface area (TPSA) is 26.3 Å². The van der Waals surface area contributed by atoms with Crippen molar-refractivity contribution in [1.82, 2.24) is 0 Å². The van der Waals surface area contributed by atoms with Crippen LogP contribution in [0.1, 0.15) is 18.9 Å². The average Bonchev–Trinajstić information content (AvgIpc) is 2.29. The molecule has 1 rings (SSSR count). The van der Waals surface area contributed by atoms with Gasteiger partial charge in [-0.05, 0) is 24.1 Å². The van der Waals surface area contributed by atoms with Crippen LogP contribution in [0.4, 0.5) is 0 Å². The van der Waals surface area contributed by atoms with Crippen LogP contribution in [-0.2, 0) is 11.2 Å². The Hall–Kier alpha value is -1.02. The highest BCUT2D eigenvalue weighted by Crippen LogP contribution is 2.13. The Morgan fingerprint density at radius 1 is 1.47 bits per heavy atom. The fraction of sp³-hybridized carbons (Fsp3) is 0.417. The molecule has 0 saturated heterocycles. The molecule has 0 atom stereocenters. The van der Waals surface area contributed by atoms with Gasteiger partial charge in [0.1, 0.15) is 5.75 Å². The Kier molecular flexibility index (Phi) is 5.19. The van der Waals surface area contributed by atoms with Gasteiger partial charge in [0, 0.05) is 6.42 Å². The van der Waals surface area contributed by atoms with Gasteiger partial charge in [-0.2, -0.15) is 0 Å². The molecule has 1 aromatic rings. The first-order chi connectivity index (χ1) is 7.26. The molecular weight excluding hydrogens is 212 g/mol. The lowest BCUT2D eigenvalue weighted by atomic mass is 10.2. The molecular formula is C12H15ClO2. The first kappa shape index (κ1) is 12.1. The van der Waals surface area contributed by atoms with Crippen molar-refractivity contribution in [2.75, 3.05) is 12.5 Å². The van der Waals surface area contributed by atoms with Crippen LogP contribution >= 0.6 is 11.6 Å². The molecule has 0 heterocycles. The van der Waals surface area contributed by atoms with E-state index in [1.165, 1.54) is 5.56 Å². The van der Waals surface area contributed by atoms with Crippen molar-refractivity contribution in [3.05, 3.63) is 29.8 Å². The number of Topliss-reactive ketones (excluding diaryl/α,β-unsaturated/α-hetero) is 1. The molecule has 0 aliphatic carbocycles. The molecule has 0 unspecified atom stereocenters. The molecule has 0 spiro atoms. The van der Waals surface area contributed by atoms with Crippen molar-refractivity contribution < 1.29 is 9.53 Å². The van der Waals surface area contributed by atoms with Gasteiger partial charge in [0.05, 0.1) is 12.5 Å². The Morgan fingerprint density at radius 2 is 2.27 bits per heavy atom. The van der Waals surface area contributed by atoms with Gasteiger partial charge >= 0.3 is 0 Å². The lowest BCUT2D eigenvalue weighted by Gasteiger charge is -2.06. The first-order valence-electron chi connectivity index (χ1n) is 5.05. The second-order valence-corrected chi connectivity index (χ2v) is 3.54. The number of benzene rings is 1. The summed E-state index contributed by atoms with van der Waals surface area (Å²) in [6, 6.07) is 7.89. The zero-order valence-electron chi connectivity index (χ0n) is 8.83. The van der Waals surface area contributed by atoms with Crippen LogP contribution < -0.4 is 4.74 Å². The van der Waals surface area contributed by atoms with Crippen LogP contribution in [0, 0.1) is 0 Å². The lowest BCUT2D eigenvalue weighted by molar-refractivity contribution is -0.117. The quantitative estimate of drug-likeness (QED) is 0.698. The summed E-state index contributed by atoms with van der Waals surface area (Å²) in [5.41, 5.74) is 1.23. The highest BCUT2D eigenvalue weighted by Gasteiger charge is 2.00. The number of aryl methyl sites for hydroxylation is 1. The number of rotatable bonds is 6. The van der Waals surface area contributed by atoms with E-state index in [2.05, 4.69) is 13.0 Å². The maximum atomic E-state index is 10.9. The van der Waals surface area contributed by atoms with Gasteiger partial charge in [0.2, 0.25) is 0 Å². The third-order valence-electron chi connectivity index (χ3n) is 2.11. The summed E-state index contributed by atoms with van der Waals surface area (Å²) >= 11 is 5.38. The minimum Gasteiger partial charge on any atom is -0.493 e. The van der Waals surface area contributed by atoms with Crippen molar-refractivity contribution in [3.63, 3.8) is 0 Å². The fourth-order valence-corrected chi connectivity index (χ4v) is 1.34. The van der Waals surface area contributed by atoms with Gasteiger partial charge in [-0.15, -0.1) is 11.6 Å². The average molecular weight is 227 g/mol. The van der Waals surface area contributed by atoms with E-state index < -0.39 is 0 Å². The van der Waals surface area contributed by atoms with E-state index in [9.17, 15) is 4.79 Å². The second kappa shape index (κ2) is 6.46. The molecule has 0 radical (unpaired) electrons. The van der Waals surface area contributed by atoms with E-state index in [4.69, 9.17) is 16.3 Å². The lowest BCUT2D eigenvalue weighted by Crippen LogP contribution is -2.07. The maximum absolute atomic E-state index is 10.9. The van der Waals surface area contributed by atoms with Gasteiger partial charge in [0.25, 0.3) is 0 Å². The first-order valence-corrected chi connectivity index (χ1v) is 5.59.